The first-order valence-electron chi connectivity index (χ1n) is 11.6. The number of amides is 1. The number of unbranched alkanes of at least 4 members (excludes halogenated alkanes) is 2. The molecule has 0 aliphatic carbocycles. The molecule has 1 N–H and O–H groups in total. The predicted octanol–water partition coefficient (Wildman–Crippen LogP) is 6.47. The lowest BCUT2D eigenvalue weighted by Gasteiger charge is -2.25. The molecule has 0 aromatic heterocycles. The van der Waals surface area contributed by atoms with E-state index in [0.29, 0.717) is 24.8 Å². The van der Waals surface area contributed by atoms with Crippen LogP contribution in [0.4, 0.5) is 0 Å². The summed E-state index contributed by atoms with van der Waals surface area (Å²) in [6.07, 6.45) is 2.73. The average Bonchev–Trinajstić information content (AvgIpc) is 3.05. The predicted molar refractivity (Wildman–Crippen MR) is 132 cm³/mol. The van der Waals surface area contributed by atoms with Gasteiger partial charge in [0.15, 0.2) is 0 Å². The zero-order valence-corrected chi connectivity index (χ0v) is 20.5. The van der Waals surface area contributed by atoms with Crippen LogP contribution >= 0.6 is 11.6 Å². The fourth-order valence-corrected chi connectivity index (χ4v) is 4.35. The van der Waals surface area contributed by atoms with Crippen LogP contribution < -0.4 is 4.74 Å². The number of hydrogen-bond donors (Lipinski definition) is 1. The van der Waals surface area contributed by atoms with E-state index >= 15 is 0 Å². The molecule has 1 aliphatic rings. The van der Waals surface area contributed by atoms with Gasteiger partial charge in [-0.05, 0) is 48.6 Å². The van der Waals surface area contributed by atoms with Gasteiger partial charge in [-0.25, -0.2) is 0 Å². The molecule has 1 aliphatic heterocycles. The fraction of sp³-hybridized carbons (Fsp3) is 0.407. The number of ether oxygens (including phenoxy) is 1. The number of benzene rings is 2. The molecule has 176 valence electrons. The summed E-state index contributed by atoms with van der Waals surface area (Å²) in [4.78, 5) is 27.8. The van der Waals surface area contributed by atoms with Crippen LogP contribution in [0, 0.1) is 0 Å². The Morgan fingerprint density at radius 2 is 1.79 bits per heavy atom. The monoisotopic (exact) mass is 469 g/mol. The summed E-state index contributed by atoms with van der Waals surface area (Å²) >= 11 is 6.38. The molecule has 2 aromatic rings. The highest BCUT2D eigenvalue weighted by molar-refractivity contribution is 6.47. The SMILES string of the molecule is CCCCCN1C(=O)C(=O)/C(=C(/O)c2cc(OCC)ccc2Cl)C1c1ccc(C(C)C)cc1. The Balaban J connectivity index is 2.15. The topological polar surface area (TPSA) is 66.8 Å². The van der Waals surface area contributed by atoms with Crippen molar-refractivity contribution in [2.75, 3.05) is 13.2 Å². The zero-order valence-electron chi connectivity index (χ0n) is 19.7. The minimum Gasteiger partial charge on any atom is -0.507 e. The highest BCUT2D eigenvalue weighted by atomic mass is 35.5. The summed E-state index contributed by atoms with van der Waals surface area (Å²) in [6.45, 7) is 9.06. The van der Waals surface area contributed by atoms with Crippen molar-refractivity contribution < 1.29 is 19.4 Å². The van der Waals surface area contributed by atoms with E-state index < -0.39 is 17.7 Å². The normalized spacial score (nSPS) is 17.8. The number of carbonyl (C=O) groups excluding carboxylic acids is 2. The van der Waals surface area contributed by atoms with Crippen LogP contribution in [0.3, 0.4) is 0 Å². The lowest BCUT2D eigenvalue weighted by Crippen LogP contribution is -2.30. The van der Waals surface area contributed by atoms with Gasteiger partial charge in [-0.2, -0.15) is 0 Å². The van der Waals surface area contributed by atoms with Gasteiger partial charge in [0, 0.05) is 12.1 Å². The zero-order chi connectivity index (χ0) is 24.1. The fourth-order valence-electron chi connectivity index (χ4n) is 4.14. The molecule has 1 heterocycles. The van der Waals surface area contributed by atoms with E-state index in [1.54, 1.807) is 23.1 Å². The Kier molecular flexibility index (Phi) is 8.20. The quantitative estimate of drug-likeness (QED) is 0.198. The van der Waals surface area contributed by atoms with Gasteiger partial charge in [-0.15, -0.1) is 0 Å². The second kappa shape index (κ2) is 10.9. The molecule has 0 saturated carbocycles. The summed E-state index contributed by atoms with van der Waals surface area (Å²) < 4.78 is 5.54. The Hall–Kier alpha value is -2.79. The maximum Gasteiger partial charge on any atom is 0.295 e. The largest absolute Gasteiger partial charge is 0.507 e. The van der Waals surface area contributed by atoms with Crippen molar-refractivity contribution in [1.29, 1.82) is 0 Å². The van der Waals surface area contributed by atoms with Crippen LogP contribution in [0.1, 0.15) is 75.6 Å². The van der Waals surface area contributed by atoms with E-state index in [-0.39, 0.29) is 21.9 Å². The average molecular weight is 470 g/mol. The van der Waals surface area contributed by atoms with Gasteiger partial charge in [-0.3, -0.25) is 9.59 Å². The first kappa shape index (κ1) is 24.8. The molecule has 33 heavy (non-hydrogen) atoms. The van der Waals surface area contributed by atoms with Gasteiger partial charge in [0.05, 0.1) is 23.2 Å². The smallest absolute Gasteiger partial charge is 0.295 e. The van der Waals surface area contributed by atoms with E-state index in [1.807, 2.05) is 31.2 Å². The molecule has 0 spiro atoms. The maximum absolute atomic E-state index is 13.2. The van der Waals surface area contributed by atoms with E-state index in [9.17, 15) is 14.7 Å². The van der Waals surface area contributed by atoms with Crippen molar-refractivity contribution in [1.82, 2.24) is 4.90 Å². The Morgan fingerprint density at radius 3 is 2.39 bits per heavy atom. The first-order valence-corrected chi connectivity index (χ1v) is 12.0. The number of carbonyl (C=O) groups is 2. The number of Topliss-reactive ketones (excluding diaryl/α,β-unsaturated/α-hetero) is 1. The number of aliphatic hydroxyl groups excluding tert-OH is 1. The number of halogens is 1. The lowest BCUT2D eigenvalue weighted by molar-refractivity contribution is -0.139. The van der Waals surface area contributed by atoms with Gasteiger partial charge in [0.1, 0.15) is 11.5 Å². The molecule has 1 amide bonds. The van der Waals surface area contributed by atoms with Crippen molar-refractivity contribution in [3.63, 3.8) is 0 Å². The standard InChI is InChI=1S/C27H32ClNO4/c1-5-7-8-15-29-24(19-11-9-18(10-12-19)17(3)4)23(26(31)27(29)32)25(30)21-16-20(33-6-2)13-14-22(21)28/h9-14,16-17,24,30H,5-8,15H2,1-4H3/b25-23+. The number of likely N-dealkylation sites (tertiary alicyclic amines) is 1. The van der Waals surface area contributed by atoms with Crippen LogP contribution in [0.15, 0.2) is 48.0 Å². The summed E-state index contributed by atoms with van der Waals surface area (Å²) in [6, 6.07) is 12.1. The van der Waals surface area contributed by atoms with Crippen LogP contribution in [-0.4, -0.2) is 34.8 Å². The molecule has 1 unspecified atom stereocenters. The van der Waals surface area contributed by atoms with Gasteiger partial charge >= 0.3 is 0 Å². The minimum absolute atomic E-state index is 0.0596. The number of aliphatic hydroxyl groups is 1. The van der Waals surface area contributed by atoms with Crippen molar-refractivity contribution >= 4 is 29.1 Å². The molecule has 3 rings (SSSR count). The van der Waals surface area contributed by atoms with Crippen LogP contribution in [0.2, 0.25) is 5.02 Å². The molecular weight excluding hydrogens is 438 g/mol. The molecule has 5 nitrogen and oxygen atoms in total. The van der Waals surface area contributed by atoms with E-state index in [2.05, 4.69) is 20.8 Å². The molecule has 2 aromatic carbocycles. The molecule has 6 heteroatoms. The Labute approximate surface area is 201 Å². The van der Waals surface area contributed by atoms with Crippen LogP contribution in [0.5, 0.6) is 5.75 Å². The van der Waals surface area contributed by atoms with E-state index in [1.165, 1.54) is 0 Å². The highest BCUT2D eigenvalue weighted by Crippen LogP contribution is 2.41. The third kappa shape index (κ3) is 5.25. The molecular formula is C27H32ClNO4. The van der Waals surface area contributed by atoms with Crippen molar-refractivity contribution in [3.8, 4) is 5.75 Å². The molecule has 1 saturated heterocycles. The van der Waals surface area contributed by atoms with Gasteiger partial charge in [0.25, 0.3) is 11.7 Å². The summed E-state index contributed by atoms with van der Waals surface area (Å²) in [5.74, 6) is -0.688. The molecule has 1 fully saturated rings. The third-order valence-corrected chi connectivity index (χ3v) is 6.29. The second-order valence-electron chi connectivity index (χ2n) is 8.60. The lowest BCUT2D eigenvalue weighted by atomic mass is 9.93. The van der Waals surface area contributed by atoms with Gasteiger partial charge in [-0.1, -0.05) is 69.5 Å². The number of hydrogen-bond acceptors (Lipinski definition) is 4. The first-order chi connectivity index (χ1) is 15.8. The molecule has 1 atom stereocenters. The van der Waals surface area contributed by atoms with Gasteiger partial charge < -0.3 is 14.7 Å². The van der Waals surface area contributed by atoms with Crippen molar-refractivity contribution in [2.45, 2.75) is 58.9 Å². The number of nitrogens with zero attached hydrogens (tertiary/aromatic N) is 1. The summed E-state index contributed by atoms with van der Waals surface area (Å²) in [5, 5.41) is 11.6. The third-order valence-electron chi connectivity index (χ3n) is 5.97. The maximum atomic E-state index is 13.2. The number of rotatable bonds is 9. The Bertz CT molecular complexity index is 1040. The second-order valence-corrected chi connectivity index (χ2v) is 9.00. The van der Waals surface area contributed by atoms with Gasteiger partial charge in [0.2, 0.25) is 0 Å². The van der Waals surface area contributed by atoms with Crippen LogP contribution in [-0.2, 0) is 9.59 Å². The number of ketones is 1. The minimum atomic E-state index is -0.695. The van der Waals surface area contributed by atoms with Crippen molar-refractivity contribution in [3.05, 3.63) is 69.8 Å². The summed E-state index contributed by atoms with van der Waals surface area (Å²) in [7, 11) is 0. The van der Waals surface area contributed by atoms with E-state index in [0.717, 1.165) is 30.4 Å². The van der Waals surface area contributed by atoms with Crippen LogP contribution in [0.25, 0.3) is 5.76 Å². The molecule has 0 bridgehead atoms. The summed E-state index contributed by atoms with van der Waals surface area (Å²) in [5.41, 5.74) is 2.28. The Morgan fingerprint density at radius 1 is 1.09 bits per heavy atom. The highest BCUT2D eigenvalue weighted by Gasteiger charge is 2.46. The van der Waals surface area contributed by atoms with E-state index in [4.69, 9.17) is 16.3 Å². The van der Waals surface area contributed by atoms with Crippen molar-refractivity contribution in [2.24, 2.45) is 0 Å². The molecule has 0 radical (unpaired) electrons.